The van der Waals surface area contributed by atoms with Crippen LogP contribution in [0.4, 0.5) is 0 Å². The second kappa shape index (κ2) is 11.4. The minimum atomic E-state index is 0.588. The van der Waals surface area contributed by atoms with E-state index in [2.05, 4.69) is 103 Å². The molecule has 0 spiro atoms. The van der Waals surface area contributed by atoms with Crippen molar-refractivity contribution in [3.05, 3.63) is 164 Å². The zero-order chi connectivity index (χ0) is 33.0. The van der Waals surface area contributed by atoms with Gasteiger partial charge in [0.1, 0.15) is 22.3 Å². The highest BCUT2D eigenvalue weighted by Crippen LogP contribution is 2.37. The van der Waals surface area contributed by atoms with Crippen molar-refractivity contribution in [2.75, 3.05) is 0 Å². The maximum absolute atomic E-state index is 6.42. The largest absolute Gasteiger partial charge is 0.456 e. The Morgan fingerprint density at radius 2 is 0.680 bits per heavy atom. The van der Waals surface area contributed by atoms with Gasteiger partial charge in [-0.15, -0.1) is 0 Å². The highest BCUT2D eigenvalue weighted by atomic mass is 16.3. The topological polar surface area (TPSA) is 65.0 Å². The van der Waals surface area contributed by atoms with E-state index in [9.17, 15) is 0 Å². The molecule has 5 nitrogen and oxygen atoms in total. The van der Waals surface area contributed by atoms with E-state index in [-0.39, 0.29) is 0 Å². The van der Waals surface area contributed by atoms with Gasteiger partial charge in [0.15, 0.2) is 17.5 Å². The van der Waals surface area contributed by atoms with Crippen molar-refractivity contribution >= 4 is 43.9 Å². The monoisotopic (exact) mass is 641 g/mol. The molecule has 0 bridgehead atoms. The molecule has 234 valence electrons. The van der Waals surface area contributed by atoms with E-state index >= 15 is 0 Å². The van der Waals surface area contributed by atoms with Crippen LogP contribution in [0.15, 0.2) is 173 Å². The quantitative estimate of drug-likeness (QED) is 0.187. The Morgan fingerprint density at radius 3 is 1.34 bits per heavy atom. The summed E-state index contributed by atoms with van der Waals surface area (Å²) >= 11 is 0. The number of para-hydroxylation sites is 1. The summed E-state index contributed by atoms with van der Waals surface area (Å²) in [4.78, 5) is 14.9. The van der Waals surface area contributed by atoms with E-state index in [0.717, 1.165) is 77.3 Å². The standard InChI is InChI=1S/C45H27N3O2/c1-3-9-28(10-4-1)29-15-17-31(18-16-29)44-46-43(30-11-5-2-6-12-30)47-45(48-44)34-19-22-36-38-26-33(21-24-41(38)50-42(36)27-34)32-20-23-40-37(25-32)35-13-7-8-14-39(35)49-40/h1-27H. The first-order chi connectivity index (χ1) is 24.7. The molecule has 0 radical (unpaired) electrons. The van der Waals surface area contributed by atoms with Gasteiger partial charge in [0.05, 0.1) is 0 Å². The Hall–Kier alpha value is -6.85. The summed E-state index contributed by atoms with van der Waals surface area (Å²) in [7, 11) is 0. The highest BCUT2D eigenvalue weighted by Gasteiger charge is 2.16. The zero-order valence-corrected chi connectivity index (χ0v) is 26.7. The van der Waals surface area contributed by atoms with Gasteiger partial charge in [-0.2, -0.15) is 0 Å². The minimum Gasteiger partial charge on any atom is -0.456 e. The van der Waals surface area contributed by atoms with Crippen LogP contribution in [0.1, 0.15) is 0 Å². The van der Waals surface area contributed by atoms with Gasteiger partial charge in [0.2, 0.25) is 0 Å². The number of furan rings is 2. The van der Waals surface area contributed by atoms with Crippen LogP contribution in [0.5, 0.6) is 0 Å². The number of benzene rings is 7. The number of rotatable bonds is 5. The third-order valence-electron chi connectivity index (χ3n) is 9.36. The molecule has 10 rings (SSSR count). The van der Waals surface area contributed by atoms with Crippen molar-refractivity contribution in [2.24, 2.45) is 0 Å². The molecular weight excluding hydrogens is 615 g/mol. The van der Waals surface area contributed by atoms with Crippen molar-refractivity contribution < 1.29 is 8.83 Å². The van der Waals surface area contributed by atoms with Crippen molar-refractivity contribution in [3.8, 4) is 56.4 Å². The normalized spacial score (nSPS) is 11.6. The predicted molar refractivity (Wildman–Crippen MR) is 202 cm³/mol. The summed E-state index contributed by atoms with van der Waals surface area (Å²) in [6.45, 7) is 0. The Kier molecular flexibility index (Phi) is 6.42. The zero-order valence-electron chi connectivity index (χ0n) is 26.7. The maximum Gasteiger partial charge on any atom is 0.164 e. The second-order valence-corrected chi connectivity index (χ2v) is 12.4. The van der Waals surface area contributed by atoms with Crippen molar-refractivity contribution in [1.29, 1.82) is 0 Å². The Bertz CT molecular complexity index is 2850. The van der Waals surface area contributed by atoms with E-state index in [1.165, 1.54) is 5.56 Å². The molecule has 7 aromatic carbocycles. The molecule has 0 amide bonds. The van der Waals surface area contributed by atoms with E-state index in [0.29, 0.717) is 17.5 Å². The summed E-state index contributed by atoms with van der Waals surface area (Å²) < 4.78 is 12.5. The van der Waals surface area contributed by atoms with Crippen LogP contribution in [0.25, 0.3) is 100 Å². The third-order valence-corrected chi connectivity index (χ3v) is 9.36. The van der Waals surface area contributed by atoms with Gasteiger partial charge in [-0.05, 0) is 64.7 Å². The van der Waals surface area contributed by atoms with E-state index in [1.54, 1.807) is 0 Å². The van der Waals surface area contributed by atoms with Crippen LogP contribution in [-0.4, -0.2) is 15.0 Å². The van der Waals surface area contributed by atoms with Gasteiger partial charge < -0.3 is 8.83 Å². The van der Waals surface area contributed by atoms with Crippen molar-refractivity contribution in [3.63, 3.8) is 0 Å². The fraction of sp³-hybridized carbons (Fsp3) is 0. The molecule has 3 heterocycles. The van der Waals surface area contributed by atoms with Crippen LogP contribution in [0.3, 0.4) is 0 Å². The van der Waals surface area contributed by atoms with Crippen LogP contribution < -0.4 is 0 Å². The van der Waals surface area contributed by atoms with Crippen LogP contribution in [-0.2, 0) is 0 Å². The molecule has 0 aliphatic heterocycles. The van der Waals surface area contributed by atoms with Gasteiger partial charge in [0.25, 0.3) is 0 Å². The van der Waals surface area contributed by atoms with Crippen LogP contribution in [0, 0.1) is 0 Å². The molecule has 0 saturated carbocycles. The van der Waals surface area contributed by atoms with Gasteiger partial charge >= 0.3 is 0 Å². The van der Waals surface area contributed by atoms with E-state index in [4.69, 9.17) is 23.8 Å². The summed E-state index contributed by atoms with van der Waals surface area (Å²) in [6, 6.07) is 55.9. The lowest BCUT2D eigenvalue weighted by molar-refractivity contribution is 0.668. The smallest absolute Gasteiger partial charge is 0.164 e. The number of hydrogen-bond donors (Lipinski definition) is 0. The number of fused-ring (bicyclic) bond motifs is 6. The molecule has 0 unspecified atom stereocenters. The summed E-state index contributed by atoms with van der Waals surface area (Å²) in [6.07, 6.45) is 0. The lowest BCUT2D eigenvalue weighted by atomic mass is 10.0. The maximum atomic E-state index is 6.42. The van der Waals surface area contributed by atoms with E-state index < -0.39 is 0 Å². The fourth-order valence-electron chi connectivity index (χ4n) is 6.79. The van der Waals surface area contributed by atoms with Gasteiger partial charge in [-0.25, -0.2) is 15.0 Å². The molecule has 0 aliphatic carbocycles. The molecule has 0 aliphatic rings. The number of hydrogen-bond acceptors (Lipinski definition) is 5. The predicted octanol–water partition coefficient (Wildman–Crippen LogP) is 12.0. The summed E-state index contributed by atoms with van der Waals surface area (Å²) in [5.41, 5.74) is 10.6. The molecule has 10 aromatic rings. The van der Waals surface area contributed by atoms with Gasteiger partial charge in [-0.1, -0.05) is 121 Å². The van der Waals surface area contributed by atoms with E-state index in [1.807, 2.05) is 60.7 Å². The fourth-order valence-corrected chi connectivity index (χ4v) is 6.79. The summed E-state index contributed by atoms with van der Waals surface area (Å²) in [5.74, 6) is 1.82. The molecule has 0 atom stereocenters. The molecule has 50 heavy (non-hydrogen) atoms. The SMILES string of the molecule is c1ccc(-c2ccc(-c3nc(-c4ccccc4)nc(-c4ccc5c(c4)oc4ccc(-c6ccc7oc8ccccc8c7c6)cc45)n3)cc2)cc1. The molecule has 0 fully saturated rings. The second-order valence-electron chi connectivity index (χ2n) is 12.4. The average molecular weight is 642 g/mol. The lowest BCUT2D eigenvalue weighted by Crippen LogP contribution is -2.00. The molecule has 0 N–H and O–H groups in total. The lowest BCUT2D eigenvalue weighted by Gasteiger charge is -2.09. The Morgan fingerprint density at radius 1 is 0.260 bits per heavy atom. The van der Waals surface area contributed by atoms with Crippen molar-refractivity contribution in [2.45, 2.75) is 0 Å². The average Bonchev–Trinajstić information content (AvgIpc) is 3.75. The first-order valence-corrected chi connectivity index (χ1v) is 16.6. The van der Waals surface area contributed by atoms with Crippen LogP contribution in [0.2, 0.25) is 0 Å². The minimum absolute atomic E-state index is 0.588. The van der Waals surface area contributed by atoms with Crippen molar-refractivity contribution in [1.82, 2.24) is 15.0 Å². The third kappa shape index (κ3) is 4.83. The highest BCUT2D eigenvalue weighted by molar-refractivity contribution is 6.09. The molecular formula is C45H27N3O2. The first kappa shape index (κ1) is 28.2. The Balaban J connectivity index is 1.05. The first-order valence-electron chi connectivity index (χ1n) is 16.6. The van der Waals surface area contributed by atoms with Gasteiger partial charge in [-0.3, -0.25) is 0 Å². The molecule has 5 heteroatoms. The molecule has 0 saturated heterocycles. The number of aromatic nitrogens is 3. The number of nitrogens with zero attached hydrogens (tertiary/aromatic N) is 3. The van der Waals surface area contributed by atoms with Crippen LogP contribution >= 0.6 is 0 Å². The summed E-state index contributed by atoms with van der Waals surface area (Å²) in [5, 5.41) is 4.32. The Labute approximate surface area is 287 Å². The van der Waals surface area contributed by atoms with Gasteiger partial charge in [0, 0.05) is 38.2 Å². The molecule has 3 aromatic heterocycles.